The number of nitrogen functional groups attached to an aromatic ring is 1. The molecule has 18 heavy (non-hydrogen) atoms. The molecule has 0 radical (unpaired) electrons. The Hall–Kier alpha value is -1.99. The molecule has 100 valence electrons. The highest BCUT2D eigenvalue weighted by molar-refractivity contribution is 5.98. The Balaban J connectivity index is 3.07. The van der Waals surface area contributed by atoms with Crippen molar-refractivity contribution >= 4 is 17.4 Å². The van der Waals surface area contributed by atoms with Crippen molar-refractivity contribution in [3.05, 3.63) is 17.8 Å². The Bertz CT molecular complexity index is 447. The number of nitrogens with two attached hydrogens (primary N) is 2. The summed E-state index contributed by atoms with van der Waals surface area (Å²) in [7, 11) is 0. The molecule has 1 amide bonds. The number of nitrogens with zero attached hydrogens (tertiary/aromatic N) is 2. The summed E-state index contributed by atoms with van der Waals surface area (Å²) in [6.07, 6.45) is -3.24. The van der Waals surface area contributed by atoms with Gasteiger partial charge in [0.05, 0.1) is 17.4 Å². The summed E-state index contributed by atoms with van der Waals surface area (Å²) in [5.41, 5.74) is 10.5. The van der Waals surface area contributed by atoms with Crippen LogP contribution in [0, 0.1) is 0 Å². The lowest BCUT2D eigenvalue weighted by atomic mass is 10.2. The van der Waals surface area contributed by atoms with Crippen LogP contribution in [0.5, 0.6) is 0 Å². The minimum absolute atomic E-state index is 0.0119. The van der Waals surface area contributed by atoms with Crippen LogP contribution in [0.2, 0.25) is 0 Å². The molecule has 1 aromatic rings. The maximum atomic E-state index is 12.3. The number of hydrogen-bond donors (Lipinski definition) is 2. The summed E-state index contributed by atoms with van der Waals surface area (Å²) >= 11 is 0. The molecule has 1 heterocycles. The molecule has 5 nitrogen and oxygen atoms in total. The van der Waals surface area contributed by atoms with Crippen molar-refractivity contribution in [3.63, 3.8) is 0 Å². The van der Waals surface area contributed by atoms with Crippen molar-refractivity contribution in [2.75, 3.05) is 23.7 Å². The second-order valence-corrected chi connectivity index (χ2v) is 3.62. The summed E-state index contributed by atoms with van der Waals surface area (Å²) < 4.78 is 37.0. The SMILES string of the molecule is CCN(CC(F)(F)F)c1cc(C(N)=O)c(N)cn1. The minimum Gasteiger partial charge on any atom is -0.397 e. The number of carbonyl (C=O) groups excluding carboxylic acids is 1. The average Bonchev–Trinajstić information content (AvgIpc) is 2.25. The lowest BCUT2D eigenvalue weighted by Gasteiger charge is -2.23. The predicted octanol–water partition coefficient (Wildman–Crippen LogP) is 1.15. The molecule has 0 unspecified atom stereocenters. The van der Waals surface area contributed by atoms with Crippen LogP contribution in [0.1, 0.15) is 17.3 Å². The highest BCUT2D eigenvalue weighted by Gasteiger charge is 2.31. The third kappa shape index (κ3) is 3.51. The molecule has 1 aromatic heterocycles. The van der Waals surface area contributed by atoms with E-state index in [1.165, 1.54) is 0 Å². The Morgan fingerprint density at radius 3 is 2.56 bits per heavy atom. The number of hydrogen-bond acceptors (Lipinski definition) is 4. The maximum Gasteiger partial charge on any atom is 0.405 e. The number of amides is 1. The molecule has 0 aromatic carbocycles. The van der Waals surface area contributed by atoms with Crippen LogP contribution >= 0.6 is 0 Å². The van der Waals surface area contributed by atoms with Gasteiger partial charge in [-0.25, -0.2) is 4.98 Å². The third-order valence-corrected chi connectivity index (χ3v) is 2.26. The molecule has 1 rings (SSSR count). The highest BCUT2D eigenvalue weighted by atomic mass is 19.4. The topological polar surface area (TPSA) is 85.2 Å². The number of halogens is 3. The molecule has 0 aliphatic heterocycles. The molecule has 0 saturated carbocycles. The van der Waals surface area contributed by atoms with Crippen molar-refractivity contribution in [2.24, 2.45) is 5.73 Å². The van der Waals surface area contributed by atoms with E-state index >= 15 is 0 Å². The fourth-order valence-electron chi connectivity index (χ4n) is 1.41. The summed E-state index contributed by atoms with van der Waals surface area (Å²) in [4.78, 5) is 15.8. The van der Waals surface area contributed by atoms with Crippen LogP contribution < -0.4 is 16.4 Å². The van der Waals surface area contributed by atoms with Crippen LogP contribution in [-0.2, 0) is 0 Å². The first-order chi connectivity index (χ1) is 8.24. The number of anilines is 2. The van der Waals surface area contributed by atoms with Gasteiger partial charge in [-0.1, -0.05) is 0 Å². The van der Waals surface area contributed by atoms with Crippen LogP contribution in [0.25, 0.3) is 0 Å². The van der Waals surface area contributed by atoms with Gasteiger partial charge in [0, 0.05) is 6.54 Å². The van der Waals surface area contributed by atoms with Crippen LogP contribution in [0.3, 0.4) is 0 Å². The number of rotatable bonds is 4. The van der Waals surface area contributed by atoms with Gasteiger partial charge in [-0.3, -0.25) is 4.79 Å². The van der Waals surface area contributed by atoms with E-state index in [0.29, 0.717) is 0 Å². The third-order valence-electron chi connectivity index (χ3n) is 2.26. The lowest BCUT2D eigenvalue weighted by molar-refractivity contribution is -0.119. The summed E-state index contributed by atoms with van der Waals surface area (Å²) in [6, 6.07) is 1.16. The van der Waals surface area contributed by atoms with Crippen molar-refractivity contribution in [1.29, 1.82) is 0 Å². The van der Waals surface area contributed by atoms with Crippen LogP contribution in [0.4, 0.5) is 24.7 Å². The molecule has 0 spiro atoms. The Kier molecular flexibility index (Phi) is 4.00. The summed E-state index contributed by atoms with van der Waals surface area (Å²) in [5, 5.41) is 0. The van der Waals surface area contributed by atoms with E-state index in [4.69, 9.17) is 11.5 Å². The average molecular weight is 262 g/mol. The molecule has 8 heteroatoms. The minimum atomic E-state index is -4.36. The number of primary amides is 1. The Morgan fingerprint density at radius 2 is 2.11 bits per heavy atom. The van der Waals surface area contributed by atoms with Crippen molar-refractivity contribution < 1.29 is 18.0 Å². The second kappa shape index (κ2) is 5.11. The molecule has 0 atom stereocenters. The first-order valence-corrected chi connectivity index (χ1v) is 5.11. The van der Waals surface area contributed by atoms with Crippen molar-refractivity contribution in [2.45, 2.75) is 13.1 Å². The molecule has 0 bridgehead atoms. The molecular weight excluding hydrogens is 249 g/mol. The zero-order valence-electron chi connectivity index (χ0n) is 9.66. The quantitative estimate of drug-likeness (QED) is 0.852. The van der Waals surface area contributed by atoms with Gasteiger partial charge in [-0.2, -0.15) is 13.2 Å². The number of alkyl halides is 3. The number of aromatic nitrogens is 1. The van der Waals surface area contributed by atoms with E-state index in [1.807, 2.05) is 0 Å². The van der Waals surface area contributed by atoms with E-state index in [0.717, 1.165) is 17.2 Å². The van der Waals surface area contributed by atoms with Gasteiger partial charge in [-0.05, 0) is 13.0 Å². The lowest BCUT2D eigenvalue weighted by Crippen LogP contribution is -2.34. The fraction of sp³-hybridized carbons (Fsp3) is 0.400. The van der Waals surface area contributed by atoms with Gasteiger partial charge in [0.1, 0.15) is 12.4 Å². The molecule has 4 N–H and O–H groups in total. The molecule has 0 aliphatic rings. The second-order valence-electron chi connectivity index (χ2n) is 3.62. The zero-order chi connectivity index (χ0) is 13.9. The van der Waals surface area contributed by atoms with Gasteiger partial charge in [0.15, 0.2) is 0 Å². The predicted molar refractivity (Wildman–Crippen MR) is 61.1 cm³/mol. The van der Waals surface area contributed by atoms with E-state index < -0.39 is 18.6 Å². The van der Waals surface area contributed by atoms with Gasteiger partial charge in [0.25, 0.3) is 5.91 Å². The molecule has 0 fully saturated rings. The first kappa shape index (κ1) is 14.1. The van der Waals surface area contributed by atoms with E-state index in [1.54, 1.807) is 6.92 Å². The van der Waals surface area contributed by atoms with E-state index in [9.17, 15) is 18.0 Å². The van der Waals surface area contributed by atoms with Crippen molar-refractivity contribution in [3.8, 4) is 0 Å². The Labute approximate surface area is 102 Å². The molecular formula is C10H13F3N4O. The monoisotopic (exact) mass is 262 g/mol. The maximum absolute atomic E-state index is 12.3. The van der Waals surface area contributed by atoms with Crippen LogP contribution in [0.15, 0.2) is 12.3 Å². The van der Waals surface area contributed by atoms with Crippen molar-refractivity contribution in [1.82, 2.24) is 4.98 Å². The smallest absolute Gasteiger partial charge is 0.397 e. The largest absolute Gasteiger partial charge is 0.405 e. The Morgan fingerprint density at radius 1 is 1.50 bits per heavy atom. The standard InChI is InChI=1S/C10H13F3N4O/c1-2-17(5-10(11,12)13)8-3-6(9(15)18)7(14)4-16-8/h3-4H,2,5,14H2,1H3,(H2,15,18). The summed E-state index contributed by atoms with van der Waals surface area (Å²) in [6.45, 7) is 0.487. The van der Waals surface area contributed by atoms with Gasteiger partial charge >= 0.3 is 6.18 Å². The fourth-order valence-corrected chi connectivity index (χ4v) is 1.41. The normalized spacial score (nSPS) is 11.3. The number of pyridine rings is 1. The molecule has 0 saturated heterocycles. The number of carbonyl (C=O) groups is 1. The molecule has 0 aliphatic carbocycles. The van der Waals surface area contributed by atoms with E-state index in [2.05, 4.69) is 4.98 Å². The van der Waals surface area contributed by atoms with Gasteiger partial charge in [-0.15, -0.1) is 0 Å². The van der Waals surface area contributed by atoms with Gasteiger partial charge < -0.3 is 16.4 Å². The van der Waals surface area contributed by atoms with Gasteiger partial charge in [0.2, 0.25) is 0 Å². The highest BCUT2D eigenvalue weighted by Crippen LogP contribution is 2.22. The first-order valence-electron chi connectivity index (χ1n) is 5.11. The van der Waals surface area contributed by atoms with Crippen LogP contribution in [-0.4, -0.2) is 30.2 Å². The summed E-state index contributed by atoms with van der Waals surface area (Å²) in [5.74, 6) is -0.794. The van der Waals surface area contributed by atoms with E-state index in [-0.39, 0.29) is 23.6 Å². The zero-order valence-corrected chi connectivity index (χ0v) is 9.66.